The van der Waals surface area contributed by atoms with Crippen LogP contribution in [0.15, 0.2) is 65.8 Å². The number of nitrogens with two attached hydrogens (primary N) is 1. The van der Waals surface area contributed by atoms with Crippen LogP contribution in [0.1, 0.15) is 21.5 Å². The molecule has 0 saturated carbocycles. The van der Waals surface area contributed by atoms with Crippen LogP contribution in [-0.4, -0.2) is 19.2 Å². The highest BCUT2D eigenvalue weighted by Crippen LogP contribution is 2.32. The molecule has 0 bridgehead atoms. The average Bonchev–Trinajstić information content (AvgIpc) is 2.73. The van der Waals surface area contributed by atoms with Crippen LogP contribution in [0.25, 0.3) is 0 Å². The zero-order valence-electron chi connectivity index (χ0n) is 16.1. The van der Waals surface area contributed by atoms with Gasteiger partial charge in [-0.1, -0.05) is 47.5 Å². The number of ether oxygens (including phenoxy) is 2. The van der Waals surface area contributed by atoms with Gasteiger partial charge in [0.05, 0.1) is 18.9 Å². The molecule has 0 fully saturated rings. The van der Waals surface area contributed by atoms with Crippen molar-refractivity contribution >= 4 is 41.0 Å². The zero-order chi connectivity index (χ0) is 21.5. The Morgan fingerprint density at radius 2 is 1.93 bits per heavy atom. The van der Waals surface area contributed by atoms with Gasteiger partial charge in [-0.15, -0.1) is 0 Å². The van der Waals surface area contributed by atoms with Gasteiger partial charge in [0, 0.05) is 26.9 Å². The summed E-state index contributed by atoms with van der Waals surface area (Å²) in [6.07, 6.45) is 1.47. The van der Waals surface area contributed by atoms with Crippen LogP contribution < -0.4 is 20.6 Å². The van der Waals surface area contributed by atoms with Crippen LogP contribution in [0, 0.1) is 0 Å². The van der Waals surface area contributed by atoms with Gasteiger partial charge in [0.2, 0.25) is 0 Å². The number of benzene rings is 3. The van der Waals surface area contributed by atoms with E-state index in [9.17, 15) is 4.79 Å². The molecule has 30 heavy (non-hydrogen) atoms. The van der Waals surface area contributed by atoms with Crippen molar-refractivity contribution in [1.82, 2.24) is 5.43 Å². The molecule has 8 heteroatoms. The van der Waals surface area contributed by atoms with Crippen molar-refractivity contribution in [3.63, 3.8) is 0 Å². The molecule has 3 aromatic carbocycles. The number of rotatable bonds is 7. The molecule has 0 aliphatic rings. The van der Waals surface area contributed by atoms with Crippen LogP contribution in [0.4, 0.5) is 5.69 Å². The number of amides is 1. The van der Waals surface area contributed by atoms with E-state index in [0.717, 1.165) is 5.56 Å². The van der Waals surface area contributed by atoms with E-state index in [-0.39, 0.29) is 6.61 Å². The molecule has 0 unspecified atom stereocenters. The fourth-order valence-corrected chi connectivity index (χ4v) is 3.13. The highest BCUT2D eigenvalue weighted by molar-refractivity contribution is 6.35. The van der Waals surface area contributed by atoms with Crippen molar-refractivity contribution in [2.24, 2.45) is 5.10 Å². The molecule has 0 aliphatic heterocycles. The van der Waals surface area contributed by atoms with E-state index in [1.807, 2.05) is 0 Å². The Bertz CT molecular complexity index is 1090. The average molecular weight is 444 g/mol. The van der Waals surface area contributed by atoms with Gasteiger partial charge in [0.15, 0.2) is 11.5 Å². The first-order chi connectivity index (χ1) is 14.5. The summed E-state index contributed by atoms with van der Waals surface area (Å²) < 4.78 is 11.3. The standard InChI is InChI=1S/C22H19Cl2N3O3/c1-29-20-8-4-5-14(12-26-27-22(28)17-6-2-3-7-19(17)25)21(20)30-13-15-9-10-16(23)11-18(15)24/h2-12H,13,25H2,1H3,(H,27,28)/b26-12+. The van der Waals surface area contributed by atoms with Gasteiger partial charge in [-0.3, -0.25) is 4.79 Å². The van der Waals surface area contributed by atoms with Gasteiger partial charge in [0.1, 0.15) is 6.61 Å². The second-order valence-corrected chi connectivity index (χ2v) is 7.03. The van der Waals surface area contributed by atoms with E-state index < -0.39 is 5.91 Å². The highest BCUT2D eigenvalue weighted by Gasteiger charge is 2.12. The molecule has 0 aliphatic carbocycles. The SMILES string of the molecule is COc1cccc(/C=N/NC(=O)c2ccccc2N)c1OCc1ccc(Cl)cc1Cl. The smallest absolute Gasteiger partial charge is 0.273 e. The number of hydrogen-bond acceptors (Lipinski definition) is 5. The summed E-state index contributed by atoms with van der Waals surface area (Å²) in [6.45, 7) is 0.199. The summed E-state index contributed by atoms with van der Waals surface area (Å²) in [4.78, 5) is 12.3. The third-order valence-corrected chi connectivity index (χ3v) is 4.78. The predicted octanol–water partition coefficient (Wildman–Crippen LogP) is 4.93. The summed E-state index contributed by atoms with van der Waals surface area (Å²) >= 11 is 12.2. The van der Waals surface area contributed by atoms with Crippen LogP contribution in [0.3, 0.4) is 0 Å². The number of hydrogen-bond donors (Lipinski definition) is 2. The first kappa shape index (κ1) is 21.5. The summed E-state index contributed by atoms with van der Waals surface area (Å²) in [7, 11) is 1.54. The van der Waals surface area contributed by atoms with E-state index in [1.54, 1.807) is 67.8 Å². The maximum atomic E-state index is 12.3. The number of nitrogens with one attached hydrogen (secondary N) is 1. The van der Waals surface area contributed by atoms with Crippen LogP contribution >= 0.6 is 23.2 Å². The van der Waals surface area contributed by atoms with Gasteiger partial charge < -0.3 is 15.2 Å². The van der Waals surface area contributed by atoms with Crippen molar-refractivity contribution in [3.05, 3.63) is 87.4 Å². The number of nitrogen functional groups attached to an aromatic ring is 1. The third kappa shape index (κ3) is 5.23. The van der Waals surface area contributed by atoms with Crippen molar-refractivity contribution in [2.45, 2.75) is 6.61 Å². The van der Waals surface area contributed by atoms with Gasteiger partial charge in [-0.2, -0.15) is 5.10 Å². The zero-order valence-corrected chi connectivity index (χ0v) is 17.6. The Morgan fingerprint density at radius 1 is 1.13 bits per heavy atom. The summed E-state index contributed by atoms with van der Waals surface area (Å²) in [5.74, 6) is 0.563. The van der Waals surface area contributed by atoms with E-state index in [1.165, 1.54) is 6.21 Å². The number of nitrogens with zero attached hydrogens (tertiary/aromatic N) is 1. The minimum Gasteiger partial charge on any atom is -0.493 e. The lowest BCUT2D eigenvalue weighted by Crippen LogP contribution is -2.19. The molecule has 0 heterocycles. The molecule has 0 spiro atoms. The Balaban J connectivity index is 1.77. The number of carbonyl (C=O) groups excluding carboxylic acids is 1. The van der Waals surface area contributed by atoms with Gasteiger partial charge in [0.25, 0.3) is 5.91 Å². The number of carbonyl (C=O) groups is 1. The molecule has 0 aromatic heterocycles. The van der Waals surface area contributed by atoms with Gasteiger partial charge >= 0.3 is 0 Å². The predicted molar refractivity (Wildman–Crippen MR) is 120 cm³/mol. The molecule has 3 rings (SSSR count). The molecule has 6 nitrogen and oxygen atoms in total. The largest absolute Gasteiger partial charge is 0.493 e. The minimum atomic E-state index is -0.414. The van der Waals surface area contributed by atoms with E-state index in [0.29, 0.717) is 38.4 Å². The molecule has 3 aromatic rings. The third-order valence-electron chi connectivity index (χ3n) is 4.19. The monoisotopic (exact) mass is 443 g/mol. The number of para-hydroxylation sites is 2. The maximum absolute atomic E-state index is 12.3. The summed E-state index contributed by atoms with van der Waals surface area (Å²) in [5, 5.41) is 5.07. The van der Waals surface area contributed by atoms with Crippen LogP contribution in [0.5, 0.6) is 11.5 Å². The van der Waals surface area contributed by atoms with Crippen molar-refractivity contribution in [3.8, 4) is 11.5 Å². The fourth-order valence-electron chi connectivity index (χ4n) is 2.66. The van der Waals surface area contributed by atoms with E-state index in [2.05, 4.69) is 10.5 Å². The molecule has 154 valence electrons. The molecule has 0 radical (unpaired) electrons. The van der Waals surface area contributed by atoms with E-state index in [4.69, 9.17) is 38.4 Å². The lowest BCUT2D eigenvalue weighted by Gasteiger charge is -2.14. The molecular weight excluding hydrogens is 425 g/mol. The van der Waals surface area contributed by atoms with Crippen molar-refractivity contribution < 1.29 is 14.3 Å². The molecule has 0 atom stereocenters. The minimum absolute atomic E-state index is 0.199. The number of methoxy groups -OCH3 is 1. The highest BCUT2D eigenvalue weighted by atomic mass is 35.5. The van der Waals surface area contributed by atoms with Gasteiger partial charge in [-0.05, 0) is 36.4 Å². The Kier molecular flexibility index (Phi) is 7.17. The first-order valence-electron chi connectivity index (χ1n) is 8.91. The molecular formula is C22H19Cl2N3O3. The van der Waals surface area contributed by atoms with Crippen molar-refractivity contribution in [1.29, 1.82) is 0 Å². The lowest BCUT2D eigenvalue weighted by atomic mass is 10.2. The number of anilines is 1. The normalized spacial score (nSPS) is 10.8. The second-order valence-electron chi connectivity index (χ2n) is 6.19. The summed E-state index contributed by atoms with van der Waals surface area (Å²) in [6, 6.07) is 17.3. The van der Waals surface area contributed by atoms with Crippen molar-refractivity contribution in [2.75, 3.05) is 12.8 Å². The number of halogens is 2. The topological polar surface area (TPSA) is 85.9 Å². The Hall–Kier alpha value is -3.22. The summed E-state index contributed by atoms with van der Waals surface area (Å²) in [5.41, 5.74) is 10.4. The maximum Gasteiger partial charge on any atom is 0.273 e. The van der Waals surface area contributed by atoms with Crippen LogP contribution in [-0.2, 0) is 6.61 Å². The second kappa shape index (κ2) is 10.0. The Morgan fingerprint density at radius 3 is 2.67 bits per heavy atom. The number of hydrazone groups is 1. The quantitative estimate of drug-likeness (QED) is 0.308. The first-order valence-corrected chi connectivity index (χ1v) is 9.67. The fraction of sp³-hybridized carbons (Fsp3) is 0.0909. The molecule has 3 N–H and O–H groups in total. The lowest BCUT2D eigenvalue weighted by molar-refractivity contribution is 0.0956. The van der Waals surface area contributed by atoms with Gasteiger partial charge in [-0.25, -0.2) is 5.43 Å². The van der Waals surface area contributed by atoms with Crippen LogP contribution in [0.2, 0.25) is 10.0 Å². The molecule has 0 saturated heterocycles. The van der Waals surface area contributed by atoms with E-state index >= 15 is 0 Å². The Labute approximate surface area is 184 Å². The molecule has 1 amide bonds.